The quantitative estimate of drug-likeness (QED) is 0.788. The van der Waals surface area contributed by atoms with E-state index in [0.717, 1.165) is 18.9 Å². The van der Waals surface area contributed by atoms with Gasteiger partial charge in [-0.05, 0) is 56.9 Å². The van der Waals surface area contributed by atoms with Gasteiger partial charge in [0.1, 0.15) is 0 Å². The highest BCUT2D eigenvalue weighted by molar-refractivity contribution is 5.82. The summed E-state index contributed by atoms with van der Waals surface area (Å²) in [6.07, 6.45) is 6.12. The van der Waals surface area contributed by atoms with Gasteiger partial charge in [0.05, 0.1) is 6.04 Å². The van der Waals surface area contributed by atoms with Crippen molar-refractivity contribution in [3.8, 4) is 0 Å². The van der Waals surface area contributed by atoms with Gasteiger partial charge in [-0.1, -0.05) is 20.3 Å². The lowest BCUT2D eigenvalue weighted by atomic mass is 9.93. The first-order chi connectivity index (χ1) is 8.58. The molecule has 3 nitrogen and oxygen atoms in total. The van der Waals surface area contributed by atoms with Gasteiger partial charge in [0.25, 0.3) is 0 Å². The van der Waals surface area contributed by atoms with Crippen LogP contribution in [0.15, 0.2) is 0 Å². The molecule has 4 unspecified atom stereocenters. The third kappa shape index (κ3) is 3.25. The van der Waals surface area contributed by atoms with Gasteiger partial charge in [-0.25, -0.2) is 0 Å². The monoisotopic (exact) mass is 252 g/mol. The SMILES string of the molecule is CC(C)CCC(C)NC(=O)C1NCC2CCCC21. The van der Waals surface area contributed by atoms with E-state index in [1.807, 2.05) is 0 Å². The van der Waals surface area contributed by atoms with Crippen LogP contribution in [0.1, 0.15) is 52.9 Å². The molecule has 2 aliphatic rings. The first-order valence-corrected chi connectivity index (χ1v) is 7.61. The lowest BCUT2D eigenvalue weighted by Gasteiger charge is -2.21. The van der Waals surface area contributed by atoms with E-state index in [-0.39, 0.29) is 11.9 Å². The highest BCUT2D eigenvalue weighted by Gasteiger charge is 2.42. The topological polar surface area (TPSA) is 41.1 Å². The molecule has 104 valence electrons. The Kier molecular flexibility index (Phi) is 4.66. The Morgan fingerprint density at radius 1 is 1.28 bits per heavy atom. The number of nitrogens with one attached hydrogen (secondary N) is 2. The molecule has 0 radical (unpaired) electrons. The number of hydrogen-bond acceptors (Lipinski definition) is 2. The van der Waals surface area contributed by atoms with Crippen LogP contribution in [0, 0.1) is 17.8 Å². The van der Waals surface area contributed by atoms with Crippen molar-refractivity contribution < 1.29 is 4.79 Å². The maximum absolute atomic E-state index is 12.3. The third-order valence-corrected chi connectivity index (χ3v) is 4.59. The van der Waals surface area contributed by atoms with E-state index in [1.54, 1.807) is 0 Å². The molecule has 0 bridgehead atoms. The molecule has 1 amide bonds. The first kappa shape index (κ1) is 13.9. The average molecular weight is 252 g/mol. The van der Waals surface area contributed by atoms with E-state index in [1.165, 1.54) is 25.7 Å². The molecular formula is C15H28N2O. The van der Waals surface area contributed by atoms with Crippen LogP contribution in [-0.4, -0.2) is 24.5 Å². The Bertz CT molecular complexity index is 290. The van der Waals surface area contributed by atoms with Gasteiger partial charge in [0.2, 0.25) is 5.91 Å². The predicted molar refractivity (Wildman–Crippen MR) is 74.3 cm³/mol. The zero-order chi connectivity index (χ0) is 13.1. The van der Waals surface area contributed by atoms with Crippen molar-refractivity contribution in [2.45, 2.75) is 65.0 Å². The lowest BCUT2D eigenvalue weighted by Crippen LogP contribution is -2.46. The van der Waals surface area contributed by atoms with Crippen LogP contribution in [0.25, 0.3) is 0 Å². The Labute approximate surface area is 111 Å². The summed E-state index contributed by atoms with van der Waals surface area (Å²) in [5.74, 6) is 2.31. The molecule has 2 rings (SSSR count). The fraction of sp³-hybridized carbons (Fsp3) is 0.933. The van der Waals surface area contributed by atoms with E-state index in [0.29, 0.717) is 17.9 Å². The Morgan fingerprint density at radius 3 is 2.78 bits per heavy atom. The summed E-state index contributed by atoms with van der Waals surface area (Å²) in [5.41, 5.74) is 0. The van der Waals surface area contributed by atoms with Crippen LogP contribution >= 0.6 is 0 Å². The predicted octanol–water partition coefficient (Wildman–Crippen LogP) is 2.32. The molecule has 1 heterocycles. The van der Waals surface area contributed by atoms with Crippen molar-refractivity contribution in [2.75, 3.05) is 6.54 Å². The smallest absolute Gasteiger partial charge is 0.237 e. The van der Waals surface area contributed by atoms with Crippen LogP contribution in [0.5, 0.6) is 0 Å². The molecule has 1 saturated heterocycles. The molecule has 0 spiro atoms. The maximum atomic E-state index is 12.3. The van der Waals surface area contributed by atoms with Crippen LogP contribution in [0.3, 0.4) is 0 Å². The van der Waals surface area contributed by atoms with Crippen molar-refractivity contribution in [3.05, 3.63) is 0 Å². The van der Waals surface area contributed by atoms with E-state index in [9.17, 15) is 4.79 Å². The van der Waals surface area contributed by atoms with Crippen molar-refractivity contribution >= 4 is 5.91 Å². The standard InChI is InChI=1S/C15H28N2O/c1-10(2)7-8-11(3)17-15(18)14-13-6-4-5-12(13)9-16-14/h10-14,16H,4-9H2,1-3H3,(H,17,18). The van der Waals surface area contributed by atoms with Crippen molar-refractivity contribution in [3.63, 3.8) is 0 Å². The second-order valence-electron chi connectivity index (χ2n) is 6.62. The summed E-state index contributed by atoms with van der Waals surface area (Å²) in [5, 5.41) is 6.60. The first-order valence-electron chi connectivity index (χ1n) is 7.61. The van der Waals surface area contributed by atoms with E-state index < -0.39 is 0 Å². The van der Waals surface area contributed by atoms with Crippen LogP contribution in [0.2, 0.25) is 0 Å². The minimum Gasteiger partial charge on any atom is -0.352 e. The second-order valence-corrected chi connectivity index (χ2v) is 6.62. The van der Waals surface area contributed by atoms with Gasteiger partial charge in [-0.15, -0.1) is 0 Å². The number of hydrogen-bond donors (Lipinski definition) is 2. The molecular weight excluding hydrogens is 224 g/mol. The van der Waals surface area contributed by atoms with Gasteiger partial charge in [0.15, 0.2) is 0 Å². The molecule has 3 heteroatoms. The minimum atomic E-state index is 0.0824. The summed E-state index contributed by atoms with van der Waals surface area (Å²) >= 11 is 0. The molecule has 1 saturated carbocycles. The third-order valence-electron chi connectivity index (χ3n) is 4.59. The average Bonchev–Trinajstić information content (AvgIpc) is 2.87. The van der Waals surface area contributed by atoms with Gasteiger partial charge >= 0.3 is 0 Å². The summed E-state index contributed by atoms with van der Waals surface area (Å²) in [6.45, 7) is 7.64. The summed E-state index contributed by atoms with van der Waals surface area (Å²) < 4.78 is 0. The highest BCUT2D eigenvalue weighted by atomic mass is 16.2. The van der Waals surface area contributed by atoms with Crippen molar-refractivity contribution in [1.82, 2.24) is 10.6 Å². The van der Waals surface area contributed by atoms with Crippen LogP contribution in [-0.2, 0) is 4.79 Å². The Morgan fingerprint density at radius 2 is 2.06 bits per heavy atom. The van der Waals surface area contributed by atoms with Gasteiger partial charge in [0, 0.05) is 6.04 Å². The van der Waals surface area contributed by atoms with Crippen molar-refractivity contribution in [2.24, 2.45) is 17.8 Å². The molecule has 0 aromatic heterocycles. The molecule has 1 aliphatic heterocycles. The molecule has 0 aromatic carbocycles. The number of carbonyl (C=O) groups excluding carboxylic acids is 1. The molecule has 1 aliphatic carbocycles. The molecule has 4 atom stereocenters. The normalized spacial score (nSPS) is 32.6. The fourth-order valence-electron chi connectivity index (χ4n) is 3.46. The lowest BCUT2D eigenvalue weighted by molar-refractivity contribution is -0.124. The summed E-state index contributed by atoms with van der Waals surface area (Å²) in [4.78, 5) is 12.3. The van der Waals surface area contributed by atoms with Gasteiger partial charge in [-0.2, -0.15) is 0 Å². The Balaban J connectivity index is 1.77. The van der Waals surface area contributed by atoms with Crippen LogP contribution in [0.4, 0.5) is 0 Å². The summed E-state index contributed by atoms with van der Waals surface area (Å²) in [6, 6.07) is 0.390. The van der Waals surface area contributed by atoms with Crippen molar-refractivity contribution in [1.29, 1.82) is 0 Å². The molecule has 2 fully saturated rings. The summed E-state index contributed by atoms with van der Waals surface area (Å²) in [7, 11) is 0. The largest absolute Gasteiger partial charge is 0.352 e. The zero-order valence-electron chi connectivity index (χ0n) is 12.0. The number of carbonyl (C=O) groups is 1. The van der Waals surface area contributed by atoms with Crippen LogP contribution < -0.4 is 10.6 Å². The second kappa shape index (κ2) is 6.05. The molecule has 0 aromatic rings. The number of amides is 1. The Hall–Kier alpha value is -0.570. The van der Waals surface area contributed by atoms with E-state index in [2.05, 4.69) is 31.4 Å². The van der Waals surface area contributed by atoms with Gasteiger partial charge in [-0.3, -0.25) is 4.79 Å². The zero-order valence-corrected chi connectivity index (χ0v) is 12.0. The minimum absolute atomic E-state index is 0.0824. The van der Waals surface area contributed by atoms with E-state index >= 15 is 0 Å². The maximum Gasteiger partial charge on any atom is 0.237 e. The van der Waals surface area contributed by atoms with E-state index in [4.69, 9.17) is 0 Å². The van der Waals surface area contributed by atoms with Gasteiger partial charge < -0.3 is 10.6 Å². The molecule has 2 N–H and O–H groups in total. The molecule has 18 heavy (non-hydrogen) atoms. The number of rotatable bonds is 5. The fourth-order valence-corrected chi connectivity index (χ4v) is 3.46. The number of fused-ring (bicyclic) bond motifs is 1. The highest BCUT2D eigenvalue weighted by Crippen LogP contribution is 2.37.